The van der Waals surface area contributed by atoms with Gasteiger partial charge in [-0.25, -0.2) is 10.4 Å². The molecule has 2 heterocycles. The molecule has 0 saturated carbocycles. The first-order valence-corrected chi connectivity index (χ1v) is 8.33. The molecule has 0 aliphatic heterocycles. The van der Waals surface area contributed by atoms with E-state index in [1.54, 1.807) is 10.6 Å². The molecule has 0 spiro atoms. The molecule has 11 heteroatoms. The van der Waals surface area contributed by atoms with Gasteiger partial charge in [0.05, 0.1) is 11.8 Å². The highest BCUT2D eigenvalue weighted by atomic mass is 35.5. The molecule has 0 unspecified atom stereocenters. The average molecular weight is 403 g/mol. The molecule has 3 rings (SSSR count). The molecule has 0 atom stereocenters. The number of amides is 1. The van der Waals surface area contributed by atoms with Crippen molar-refractivity contribution in [3.8, 4) is 5.75 Å². The molecule has 1 N–H and O–H groups in total. The number of rotatable bonds is 5. The van der Waals surface area contributed by atoms with Crippen molar-refractivity contribution in [3.05, 3.63) is 52.3 Å². The third-order valence-electron chi connectivity index (χ3n) is 3.16. The van der Waals surface area contributed by atoms with Gasteiger partial charge in [-0.05, 0) is 18.2 Å². The number of hydrazone groups is 1. The number of carbonyl (C=O) groups is 1. The summed E-state index contributed by atoms with van der Waals surface area (Å²) in [6.45, 7) is -0.493. The summed E-state index contributed by atoms with van der Waals surface area (Å²) in [5.41, 5.74) is 1.84. The van der Waals surface area contributed by atoms with Crippen LogP contribution in [0.15, 0.2) is 40.9 Å². The van der Waals surface area contributed by atoms with Gasteiger partial charge < -0.3 is 4.74 Å². The highest BCUT2D eigenvalue weighted by molar-refractivity contribution is 7.15. The van der Waals surface area contributed by atoms with Gasteiger partial charge in [0, 0.05) is 11.6 Å². The molecule has 3 aromatic rings. The van der Waals surface area contributed by atoms with Crippen molar-refractivity contribution in [3.63, 3.8) is 0 Å². The van der Waals surface area contributed by atoms with Gasteiger partial charge >= 0.3 is 6.18 Å². The lowest BCUT2D eigenvalue weighted by molar-refractivity contribution is -0.137. The molecule has 0 fully saturated rings. The third kappa shape index (κ3) is 4.14. The van der Waals surface area contributed by atoms with Gasteiger partial charge in [-0.1, -0.05) is 17.7 Å². The fourth-order valence-corrected chi connectivity index (χ4v) is 2.99. The lowest BCUT2D eigenvalue weighted by Crippen LogP contribution is -2.24. The van der Waals surface area contributed by atoms with Crippen molar-refractivity contribution in [2.75, 3.05) is 6.61 Å². The summed E-state index contributed by atoms with van der Waals surface area (Å²) in [5, 5.41) is 5.80. The summed E-state index contributed by atoms with van der Waals surface area (Å²) in [4.78, 5) is 16.5. The Kier molecular flexibility index (Phi) is 5.14. The van der Waals surface area contributed by atoms with E-state index in [0.717, 1.165) is 12.1 Å². The van der Waals surface area contributed by atoms with E-state index >= 15 is 0 Å². The first kappa shape index (κ1) is 18.2. The number of halogens is 4. The molecule has 0 radical (unpaired) electrons. The largest absolute Gasteiger partial charge is 0.484 e. The number of fused-ring (bicyclic) bond motifs is 1. The van der Waals surface area contributed by atoms with Crippen molar-refractivity contribution in [2.45, 2.75) is 6.18 Å². The van der Waals surface area contributed by atoms with Crippen molar-refractivity contribution in [2.24, 2.45) is 5.10 Å². The van der Waals surface area contributed by atoms with E-state index in [2.05, 4.69) is 15.5 Å². The monoisotopic (exact) mass is 402 g/mol. The van der Waals surface area contributed by atoms with Gasteiger partial charge in [0.25, 0.3) is 5.91 Å². The molecule has 0 saturated heterocycles. The maximum absolute atomic E-state index is 12.6. The minimum atomic E-state index is -4.48. The molecule has 1 aromatic carbocycles. The van der Waals surface area contributed by atoms with Crippen LogP contribution in [-0.4, -0.2) is 28.1 Å². The number of benzene rings is 1. The smallest absolute Gasteiger partial charge is 0.416 e. The van der Waals surface area contributed by atoms with E-state index in [1.807, 2.05) is 5.38 Å². The standard InChI is InChI=1S/C15H10ClF3N4O2S/c16-13-11(23-4-5-26-14(23)21-13)7-20-22-12(24)8-25-10-3-1-2-9(6-10)15(17,18)19/h1-7H,8H2,(H,22,24)/b20-7+. The Bertz CT molecular complexity index is 967. The molecule has 0 aliphatic rings. The van der Waals surface area contributed by atoms with Crippen LogP contribution in [0.3, 0.4) is 0 Å². The number of hydrogen-bond donors (Lipinski definition) is 1. The first-order chi connectivity index (χ1) is 12.3. The molecule has 0 aliphatic carbocycles. The van der Waals surface area contributed by atoms with E-state index in [-0.39, 0.29) is 10.9 Å². The molecule has 1 amide bonds. The molecule has 2 aromatic heterocycles. The van der Waals surface area contributed by atoms with E-state index in [0.29, 0.717) is 10.7 Å². The summed E-state index contributed by atoms with van der Waals surface area (Å²) in [5.74, 6) is -0.710. The van der Waals surface area contributed by atoms with Crippen LogP contribution in [-0.2, 0) is 11.0 Å². The Morgan fingerprint density at radius 1 is 1.46 bits per heavy atom. The van der Waals surface area contributed by atoms with Crippen LogP contribution in [0.1, 0.15) is 11.3 Å². The second kappa shape index (κ2) is 7.34. The summed E-state index contributed by atoms with van der Waals surface area (Å²) >= 11 is 7.36. The number of aromatic nitrogens is 2. The summed E-state index contributed by atoms with van der Waals surface area (Å²) in [7, 11) is 0. The summed E-state index contributed by atoms with van der Waals surface area (Å²) in [6, 6.07) is 4.25. The Labute approximate surface area is 153 Å². The highest BCUT2D eigenvalue weighted by Gasteiger charge is 2.30. The van der Waals surface area contributed by atoms with Crippen molar-refractivity contribution in [1.82, 2.24) is 14.8 Å². The number of imidazole rings is 1. The van der Waals surface area contributed by atoms with Crippen LogP contribution in [0, 0.1) is 0 Å². The number of ether oxygens (including phenoxy) is 1. The van der Waals surface area contributed by atoms with E-state index in [9.17, 15) is 18.0 Å². The lowest BCUT2D eigenvalue weighted by Gasteiger charge is -2.09. The van der Waals surface area contributed by atoms with Crippen molar-refractivity contribution >= 4 is 40.0 Å². The van der Waals surface area contributed by atoms with Crippen LogP contribution >= 0.6 is 22.9 Å². The Balaban J connectivity index is 1.56. The van der Waals surface area contributed by atoms with Crippen molar-refractivity contribution < 1.29 is 22.7 Å². The zero-order valence-electron chi connectivity index (χ0n) is 12.8. The number of carbonyl (C=O) groups excluding carboxylic acids is 1. The van der Waals surface area contributed by atoms with Gasteiger partial charge in [0.1, 0.15) is 11.4 Å². The lowest BCUT2D eigenvalue weighted by atomic mass is 10.2. The fourth-order valence-electron chi connectivity index (χ4n) is 2.00. The number of nitrogens with one attached hydrogen (secondary N) is 1. The maximum Gasteiger partial charge on any atom is 0.416 e. The topological polar surface area (TPSA) is 68.0 Å². The quantitative estimate of drug-likeness (QED) is 0.523. The first-order valence-electron chi connectivity index (χ1n) is 7.07. The zero-order valence-corrected chi connectivity index (χ0v) is 14.4. The maximum atomic E-state index is 12.6. The normalized spacial score (nSPS) is 12.0. The minimum Gasteiger partial charge on any atom is -0.484 e. The number of alkyl halides is 3. The van der Waals surface area contributed by atoms with Crippen LogP contribution in [0.2, 0.25) is 5.15 Å². The number of thiazole rings is 1. The van der Waals surface area contributed by atoms with Crippen LogP contribution in [0.25, 0.3) is 4.96 Å². The molecule has 0 bridgehead atoms. The number of nitrogens with zero attached hydrogens (tertiary/aromatic N) is 3. The average Bonchev–Trinajstić information content (AvgIpc) is 3.14. The van der Waals surface area contributed by atoms with Gasteiger partial charge in [-0.15, -0.1) is 11.3 Å². The van der Waals surface area contributed by atoms with Crippen LogP contribution in [0.5, 0.6) is 5.75 Å². The van der Waals surface area contributed by atoms with E-state index < -0.39 is 24.3 Å². The van der Waals surface area contributed by atoms with E-state index in [1.165, 1.54) is 29.7 Å². The van der Waals surface area contributed by atoms with E-state index in [4.69, 9.17) is 16.3 Å². The third-order valence-corrected chi connectivity index (χ3v) is 4.20. The predicted octanol–water partition coefficient (Wildman–Crippen LogP) is 3.60. The molecule has 6 nitrogen and oxygen atoms in total. The Morgan fingerprint density at radius 3 is 3.04 bits per heavy atom. The predicted molar refractivity (Wildman–Crippen MR) is 90.8 cm³/mol. The van der Waals surface area contributed by atoms with Gasteiger partial charge in [0.2, 0.25) is 0 Å². The molecule has 26 heavy (non-hydrogen) atoms. The second-order valence-electron chi connectivity index (χ2n) is 4.95. The highest BCUT2D eigenvalue weighted by Crippen LogP contribution is 2.31. The van der Waals surface area contributed by atoms with Gasteiger partial charge in [-0.3, -0.25) is 9.20 Å². The molecular weight excluding hydrogens is 393 g/mol. The number of hydrogen-bond acceptors (Lipinski definition) is 5. The van der Waals surface area contributed by atoms with Gasteiger partial charge in [-0.2, -0.15) is 18.3 Å². The SMILES string of the molecule is O=C(COc1cccc(C(F)(F)F)c1)N/N=C/c1c(Cl)nc2sccn12. The summed E-state index contributed by atoms with van der Waals surface area (Å²) < 4.78 is 44.6. The summed E-state index contributed by atoms with van der Waals surface area (Å²) in [6.07, 6.45) is -1.42. The fraction of sp³-hybridized carbons (Fsp3) is 0.133. The molecule has 136 valence electrons. The Hall–Kier alpha value is -2.59. The van der Waals surface area contributed by atoms with Crippen LogP contribution in [0.4, 0.5) is 13.2 Å². The van der Waals surface area contributed by atoms with Crippen molar-refractivity contribution in [1.29, 1.82) is 0 Å². The van der Waals surface area contributed by atoms with Crippen LogP contribution < -0.4 is 10.2 Å². The van der Waals surface area contributed by atoms with Gasteiger partial charge in [0.15, 0.2) is 16.7 Å². The zero-order chi connectivity index (χ0) is 18.7. The Morgan fingerprint density at radius 2 is 2.27 bits per heavy atom. The molecular formula is C15H10ClF3N4O2S. The second-order valence-corrected chi connectivity index (χ2v) is 6.18. The minimum absolute atomic E-state index is 0.0715.